The summed E-state index contributed by atoms with van der Waals surface area (Å²) in [7, 11) is 0. The van der Waals surface area contributed by atoms with Gasteiger partial charge in [-0.1, -0.05) is 0 Å². The lowest BCUT2D eigenvalue weighted by atomic mass is 9.92. The highest BCUT2D eigenvalue weighted by Crippen LogP contribution is 2.27. The molecule has 3 saturated heterocycles. The van der Waals surface area contributed by atoms with Crippen LogP contribution in [0.2, 0.25) is 0 Å². The van der Waals surface area contributed by atoms with Crippen molar-refractivity contribution in [2.45, 2.75) is 38.6 Å². The number of likely N-dealkylation sites (tertiary alicyclic amines) is 1. The van der Waals surface area contributed by atoms with Gasteiger partial charge in [0.25, 0.3) is 0 Å². The van der Waals surface area contributed by atoms with Gasteiger partial charge >= 0.3 is 0 Å². The minimum absolute atomic E-state index is 0.0500. The number of Topliss-reactive ketones (excluding diaryl/α,β-unsaturated/α-hetero) is 1. The van der Waals surface area contributed by atoms with Crippen LogP contribution >= 0.6 is 0 Å². The van der Waals surface area contributed by atoms with Gasteiger partial charge in [-0.25, -0.2) is 4.98 Å². The molecule has 0 aromatic carbocycles. The molecule has 1 atom stereocenters. The van der Waals surface area contributed by atoms with Crippen LogP contribution in [0.1, 0.15) is 43.0 Å². The molecule has 0 spiro atoms. The van der Waals surface area contributed by atoms with Gasteiger partial charge in [-0.15, -0.1) is 0 Å². The van der Waals surface area contributed by atoms with Crippen molar-refractivity contribution in [1.29, 1.82) is 0 Å². The number of nitrogens with zero attached hydrogens (tertiary/aromatic N) is 4. The van der Waals surface area contributed by atoms with E-state index in [1.807, 2.05) is 17.0 Å². The van der Waals surface area contributed by atoms with Gasteiger partial charge in [0.2, 0.25) is 5.91 Å². The van der Waals surface area contributed by atoms with Gasteiger partial charge in [0.05, 0.1) is 19.1 Å². The van der Waals surface area contributed by atoms with Crippen LogP contribution in [0.15, 0.2) is 18.3 Å². The second kappa shape index (κ2) is 9.22. The molecule has 0 aliphatic carbocycles. The minimum Gasteiger partial charge on any atom is -0.378 e. The third kappa shape index (κ3) is 4.78. The Morgan fingerprint density at radius 2 is 1.79 bits per heavy atom. The lowest BCUT2D eigenvalue weighted by Gasteiger charge is -2.43. The normalized spacial score (nSPS) is 24.5. The van der Waals surface area contributed by atoms with Crippen LogP contribution in [0, 0.1) is 5.92 Å². The number of amides is 1. The summed E-state index contributed by atoms with van der Waals surface area (Å²) in [5.41, 5.74) is 0.660. The van der Waals surface area contributed by atoms with Gasteiger partial charge in [-0.3, -0.25) is 14.5 Å². The Hall–Kier alpha value is -1.99. The molecule has 3 aliphatic heterocycles. The Morgan fingerprint density at radius 3 is 2.45 bits per heavy atom. The van der Waals surface area contributed by atoms with E-state index in [9.17, 15) is 9.59 Å². The number of pyridine rings is 1. The first-order chi connectivity index (χ1) is 14.1. The standard InChI is InChI=1S/C22H32N4O3/c1-17(27)18-4-5-21(23-15-18)24-9-6-20(7-10-24)26-8-2-3-19(16-26)22(28)25-11-13-29-14-12-25/h4-5,15,19-20H,2-3,6-14,16H2,1H3/t19-/m1/s1. The van der Waals surface area contributed by atoms with Crippen molar-refractivity contribution in [3.63, 3.8) is 0 Å². The molecule has 29 heavy (non-hydrogen) atoms. The Labute approximate surface area is 173 Å². The maximum absolute atomic E-state index is 12.9. The third-order valence-electron chi connectivity index (χ3n) is 6.58. The molecule has 0 saturated carbocycles. The topological polar surface area (TPSA) is 66.0 Å². The summed E-state index contributed by atoms with van der Waals surface area (Å²) in [4.78, 5) is 35.7. The fourth-order valence-corrected chi connectivity index (χ4v) is 4.82. The number of anilines is 1. The van der Waals surface area contributed by atoms with Gasteiger partial charge < -0.3 is 14.5 Å². The highest BCUT2D eigenvalue weighted by molar-refractivity contribution is 5.93. The van der Waals surface area contributed by atoms with Crippen LogP contribution in [0.3, 0.4) is 0 Å². The van der Waals surface area contributed by atoms with E-state index in [-0.39, 0.29) is 11.7 Å². The summed E-state index contributed by atoms with van der Waals surface area (Å²) in [5.74, 6) is 1.47. The molecule has 0 unspecified atom stereocenters. The van der Waals surface area contributed by atoms with Crippen molar-refractivity contribution in [2.75, 3.05) is 57.4 Å². The molecule has 1 aromatic rings. The number of hydrogen-bond donors (Lipinski definition) is 0. The molecule has 7 heteroatoms. The molecule has 4 heterocycles. The predicted octanol–water partition coefficient (Wildman–Crippen LogP) is 1.82. The molecule has 3 aliphatic rings. The Bertz CT molecular complexity index is 709. The maximum atomic E-state index is 12.9. The fourth-order valence-electron chi connectivity index (χ4n) is 4.82. The summed E-state index contributed by atoms with van der Waals surface area (Å²) in [5, 5.41) is 0. The molecule has 1 amide bonds. The third-order valence-corrected chi connectivity index (χ3v) is 6.58. The highest BCUT2D eigenvalue weighted by atomic mass is 16.5. The van der Waals surface area contributed by atoms with E-state index in [4.69, 9.17) is 4.74 Å². The van der Waals surface area contributed by atoms with E-state index in [2.05, 4.69) is 14.8 Å². The van der Waals surface area contributed by atoms with Crippen molar-refractivity contribution in [3.05, 3.63) is 23.9 Å². The molecule has 7 nitrogen and oxygen atoms in total. The van der Waals surface area contributed by atoms with Gasteiger partial charge in [0.1, 0.15) is 5.82 Å². The number of ether oxygens (including phenoxy) is 1. The zero-order valence-electron chi connectivity index (χ0n) is 17.4. The van der Waals surface area contributed by atoms with E-state index < -0.39 is 0 Å². The van der Waals surface area contributed by atoms with Crippen LogP contribution in [-0.4, -0.2) is 85.0 Å². The zero-order chi connectivity index (χ0) is 20.2. The molecule has 4 rings (SSSR count). The van der Waals surface area contributed by atoms with E-state index >= 15 is 0 Å². The van der Waals surface area contributed by atoms with E-state index in [1.54, 1.807) is 13.1 Å². The fraction of sp³-hybridized carbons (Fsp3) is 0.682. The van der Waals surface area contributed by atoms with Crippen LogP contribution < -0.4 is 4.90 Å². The molecule has 0 bridgehead atoms. The molecule has 3 fully saturated rings. The monoisotopic (exact) mass is 400 g/mol. The lowest BCUT2D eigenvalue weighted by molar-refractivity contribution is -0.141. The first-order valence-electron chi connectivity index (χ1n) is 10.9. The highest BCUT2D eigenvalue weighted by Gasteiger charge is 2.34. The number of morpholine rings is 1. The number of carbonyl (C=O) groups is 2. The maximum Gasteiger partial charge on any atom is 0.227 e. The van der Waals surface area contributed by atoms with Crippen molar-refractivity contribution < 1.29 is 14.3 Å². The lowest BCUT2D eigenvalue weighted by Crippen LogP contribution is -2.52. The second-order valence-corrected chi connectivity index (χ2v) is 8.45. The smallest absolute Gasteiger partial charge is 0.227 e. The average Bonchev–Trinajstić information content (AvgIpc) is 2.79. The molecule has 1 aromatic heterocycles. The SMILES string of the molecule is CC(=O)c1ccc(N2CCC(N3CCC[C@@H](C(=O)N4CCOCC4)C3)CC2)nc1. The Kier molecular flexibility index (Phi) is 6.45. The Balaban J connectivity index is 1.30. The van der Waals surface area contributed by atoms with Gasteiger partial charge in [-0.2, -0.15) is 0 Å². The van der Waals surface area contributed by atoms with Crippen molar-refractivity contribution in [2.24, 2.45) is 5.92 Å². The van der Waals surface area contributed by atoms with Gasteiger partial charge in [-0.05, 0) is 51.3 Å². The van der Waals surface area contributed by atoms with Crippen LogP contribution in [-0.2, 0) is 9.53 Å². The Morgan fingerprint density at radius 1 is 1.03 bits per heavy atom. The van der Waals surface area contributed by atoms with Crippen molar-refractivity contribution >= 4 is 17.5 Å². The number of ketones is 1. The molecule has 0 N–H and O–H groups in total. The summed E-state index contributed by atoms with van der Waals surface area (Å²) < 4.78 is 5.39. The number of aromatic nitrogens is 1. The summed E-state index contributed by atoms with van der Waals surface area (Å²) in [6, 6.07) is 4.36. The second-order valence-electron chi connectivity index (χ2n) is 8.45. The van der Waals surface area contributed by atoms with E-state index in [0.717, 1.165) is 70.8 Å². The van der Waals surface area contributed by atoms with Gasteiger partial charge in [0.15, 0.2) is 5.78 Å². The number of piperidine rings is 2. The first-order valence-corrected chi connectivity index (χ1v) is 10.9. The molecule has 158 valence electrons. The number of rotatable bonds is 4. The minimum atomic E-state index is 0.0500. The summed E-state index contributed by atoms with van der Waals surface area (Å²) in [6.07, 6.45) is 5.98. The average molecular weight is 401 g/mol. The first kappa shape index (κ1) is 20.3. The molecular weight excluding hydrogens is 368 g/mol. The van der Waals surface area contributed by atoms with Crippen LogP contribution in [0.5, 0.6) is 0 Å². The number of carbonyl (C=O) groups excluding carboxylic acids is 2. The quantitative estimate of drug-likeness (QED) is 0.719. The summed E-state index contributed by atoms with van der Waals surface area (Å²) in [6.45, 7) is 8.31. The van der Waals surface area contributed by atoms with Crippen molar-refractivity contribution in [3.8, 4) is 0 Å². The van der Waals surface area contributed by atoms with E-state index in [1.165, 1.54) is 0 Å². The summed E-state index contributed by atoms with van der Waals surface area (Å²) >= 11 is 0. The van der Waals surface area contributed by atoms with Crippen molar-refractivity contribution in [1.82, 2.24) is 14.8 Å². The van der Waals surface area contributed by atoms with Gasteiger partial charge in [0, 0.05) is 50.5 Å². The number of hydrogen-bond acceptors (Lipinski definition) is 6. The molecular formula is C22H32N4O3. The predicted molar refractivity (Wildman–Crippen MR) is 111 cm³/mol. The van der Waals surface area contributed by atoms with Crippen LogP contribution in [0.4, 0.5) is 5.82 Å². The zero-order valence-corrected chi connectivity index (χ0v) is 17.4. The largest absolute Gasteiger partial charge is 0.378 e. The molecule has 0 radical (unpaired) electrons. The van der Waals surface area contributed by atoms with E-state index in [0.29, 0.717) is 30.7 Å². The van der Waals surface area contributed by atoms with Crippen LogP contribution in [0.25, 0.3) is 0 Å².